The Labute approximate surface area is 129 Å². The van der Waals surface area contributed by atoms with E-state index in [4.69, 9.17) is 12.6 Å². The molecule has 1 aromatic heterocycles. The maximum Gasteiger partial charge on any atom is 0.188 e. The van der Waals surface area contributed by atoms with Gasteiger partial charge in [0.2, 0.25) is 0 Å². The zero-order valence-corrected chi connectivity index (χ0v) is 12.8. The number of tetrazole rings is 1. The molecule has 0 radical (unpaired) electrons. The van der Waals surface area contributed by atoms with E-state index in [1.165, 1.54) is 5.56 Å². The highest BCUT2D eigenvalue weighted by atomic mass is 32.1. The van der Waals surface area contributed by atoms with Gasteiger partial charge < -0.3 is 12.6 Å². The molecule has 0 aliphatic heterocycles. The predicted molar refractivity (Wildman–Crippen MR) is 82.6 cm³/mol. The van der Waals surface area contributed by atoms with Gasteiger partial charge in [0.05, 0.1) is 5.21 Å². The first kappa shape index (κ1) is 13.7. The molecule has 0 saturated carbocycles. The topological polar surface area (TPSA) is 34.6 Å². The van der Waals surface area contributed by atoms with Crippen LogP contribution in [0.4, 0.5) is 0 Å². The lowest BCUT2D eigenvalue weighted by molar-refractivity contribution is -0.698. The lowest BCUT2D eigenvalue weighted by atomic mass is 10.0. The summed E-state index contributed by atoms with van der Waals surface area (Å²) in [7, 11) is 0. The third kappa shape index (κ3) is 2.64. The minimum absolute atomic E-state index is 0.393. The fourth-order valence-electron chi connectivity index (χ4n) is 2.26. The summed E-state index contributed by atoms with van der Waals surface area (Å²) in [4.78, 5) is 1.57. The van der Waals surface area contributed by atoms with Crippen LogP contribution in [0.5, 0.6) is 0 Å². The summed E-state index contributed by atoms with van der Waals surface area (Å²) in [5.74, 6) is 0.393. The van der Waals surface area contributed by atoms with Crippen molar-refractivity contribution in [2.45, 2.75) is 24.9 Å². The molecule has 106 valence electrons. The zero-order valence-electron chi connectivity index (χ0n) is 12.0. The molecular formula is C16H16N4S. The fraction of sp³-hybridized carbons (Fsp3) is 0.188. The van der Waals surface area contributed by atoms with Crippen molar-refractivity contribution >= 4 is 12.6 Å². The summed E-state index contributed by atoms with van der Waals surface area (Å²) in [5.41, 5.74) is 3.08. The van der Waals surface area contributed by atoms with Crippen LogP contribution in [-0.4, -0.2) is 15.1 Å². The van der Waals surface area contributed by atoms with Crippen LogP contribution in [0.2, 0.25) is 0 Å². The molecular weight excluding hydrogens is 280 g/mol. The molecule has 0 atom stereocenters. The summed E-state index contributed by atoms with van der Waals surface area (Å²) in [6.45, 7) is 4.31. The maximum absolute atomic E-state index is 5.37. The van der Waals surface area contributed by atoms with E-state index in [0.717, 1.165) is 11.4 Å². The summed E-state index contributed by atoms with van der Waals surface area (Å²) in [6, 6.07) is 17.9. The van der Waals surface area contributed by atoms with Crippen LogP contribution in [0.1, 0.15) is 25.3 Å². The van der Waals surface area contributed by atoms with E-state index in [1.807, 2.05) is 48.5 Å². The smallest absolute Gasteiger partial charge is 0.188 e. The van der Waals surface area contributed by atoms with Crippen molar-refractivity contribution < 1.29 is 4.68 Å². The number of nitrogens with zero attached hydrogens (tertiary/aromatic N) is 4. The predicted octanol–water partition coefficient (Wildman–Crippen LogP) is 2.57. The van der Waals surface area contributed by atoms with Gasteiger partial charge in [-0.2, -0.15) is 0 Å². The van der Waals surface area contributed by atoms with Gasteiger partial charge in [0.15, 0.2) is 10.8 Å². The second-order valence-electron chi connectivity index (χ2n) is 5.12. The highest BCUT2D eigenvalue weighted by Crippen LogP contribution is 2.19. The Morgan fingerprint density at radius 3 is 2.38 bits per heavy atom. The quantitative estimate of drug-likeness (QED) is 0.550. The second kappa shape index (κ2) is 5.61. The van der Waals surface area contributed by atoms with Crippen molar-refractivity contribution in [3.63, 3.8) is 0 Å². The summed E-state index contributed by atoms with van der Waals surface area (Å²) >= 11 is 5.37. The molecule has 0 amide bonds. The second-order valence-corrected chi connectivity index (χ2v) is 5.49. The first-order valence-electron chi connectivity index (χ1n) is 6.88. The Morgan fingerprint density at radius 2 is 1.67 bits per heavy atom. The molecule has 0 bridgehead atoms. The molecule has 0 aliphatic carbocycles. The summed E-state index contributed by atoms with van der Waals surface area (Å²) < 4.78 is 1.72. The highest BCUT2D eigenvalue weighted by Gasteiger charge is 2.17. The molecule has 0 N–H and O–H groups in total. The Hall–Kier alpha value is -2.27. The average Bonchev–Trinajstić information content (AvgIpc) is 2.90. The SMILES string of the molecule is CC(C)c1ccccc1-[n+]1nn(-c2ccccc2)nc1[S-]. The lowest BCUT2D eigenvalue weighted by Crippen LogP contribution is -2.37. The molecule has 21 heavy (non-hydrogen) atoms. The van der Waals surface area contributed by atoms with Crippen LogP contribution in [0.25, 0.3) is 11.4 Å². The van der Waals surface area contributed by atoms with Crippen molar-refractivity contribution in [3.05, 3.63) is 60.2 Å². The van der Waals surface area contributed by atoms with Crippen LogP contribution in [-0.2, 0) is 12.6 Å². The molecule has 5 heteroatoms. The van der Waals surface area contributed by atoms with E-state index in [-0.39, 0.29) is 0 Å². The van der Waals surface area contributed by atoms with E-state index in [0.29, 0.717) is 11.1 Å². The molecule has 2 aromatic carbocycles. The number of rotatable bonds is 3. The molecule has 0 saturated heterocycles. The van der Waals surface area contributed by atoms with Gasteiger partial charge in [-0.15, -0.1) is 4.68 Å². The van der Waals surface area contributed by atoms with Crippen LogP contribution in [0.15, 0.2) is 59.8 Å². The molecule has 0 fully saturated rings. The van der Waals surface area contributed by atoms with Crippen molar-refractivity contribution in [1.29, 1.82) is 0 Å². The average molecular weight is 296 g/mol. The van der Waals surface area contributed by atoms with E-state index < -0.39 is 0 Å². The van der Waals surface area contributed by atoms with Crippen molar-refractivity contribution in [2.75, 3.05) is 0 Å². The molecule has 3 aromatic rings. The Morgan fingerprint density at radius 1 is 1.00 bits per heavy atom. The number of aromatic nitrogens is 4. The monoisotopic (exact) mass is 296 g/mol. The minimum atomic E-state index is 0.393. The normalized spacial score (nSPS) is 11.0. The van der Waals surface area contributed by atoms with Crippen molar-refractivity contribution in [3.8, 4) is 11.4 Å². The van der Waals surface area contributed by atoms with Crippen molar-refractivity contribution in [2.24, 2.45) is 0 Å². The largest absolute Gasteiger partial charge is 0.701 e. The Kier molecular flexibility index (Phi) is 3.66. The van der Waals surface area contributed by atoms with Crippen LogP contribution in [0.3, 0.4) is 0 Å². The van der Waals surface area contributed by atoms with Crippen LogP contribution >= 0.6 is 0 Å². The van der Waals surface area contributed by atoms with Gasteiger partial charge in [0.1, 0.15) is 5.69 Å². The molecule has 0 unspecified atom stereocenters. The Balaban J connectivity index is 2.11. The molecule has 0 spiro atoms. The van der Waals surface area contributed by atoms with Gasteiger partial charge in [-0.1, -0.05) is 50.2 Å². The molecule has 3 rings (SSSR count). The number of hydrogen-bond acceptors (Lipinski definition) is 3. The van der Waals surface area contributed by atoms with Crippen LogP contribution in [0, 0.1) is 0 Å². The van der Waals surface area contributed by atoms with Crippen molar-refractivity contribution in [1.82, 2.24) is 15.1 Å². The van der Waals surface area contributed by atoms with Gasteiger partial charge in [-0.25, -0.2) is 0 Å². The summed E-state index contributed by atoms with van der Waals surface area (Å²) in [5, 5.41) is 9.30. The minimum Gasteiger partial charge on any atom is -0.701 e. The summed E-state index contributed by atoms with van der Waals surface area (Å²) in [6.07, 6.45) is 0. The molecule has 4 nitrogen and oxygen atoms in total. The van der Waals surface area contributed by atoms with Crippen LogP contribution < -0.4 is 4.68 Å². The van der Waals surface area contributed by atoms with Gasteiger partial charge in [-0.05, 0) is 29.7 Å². The van der Waals surface area contributed by atoms with E-state index >= 15 is 0 Å². The standard InChI is InChI=1S/C16H16N4S/c1-12(2)14-10-6-7-11-15(14)19-16(21)17-20(18-19)13-8-4-3-5-9-13/h3-12H,1-2H3. The van der Waals surface area contributed by atoms with Gasteiger partial charge in [-0.3, -0.25) is 0 Å². The van der Waals surface area contributed by atoms with Gasteiger partial charge in [0.25, 0.3) is 0 Å². The first-order chi connectivity index (χ1) is 10.2. The zero-order chi connectivity index (χ0) is 14.8. The van der Waals surface area contributed by atoms with E-state index in [2.05, 4.69) is 30.2 Å². The van der Waals surface area contributed by atoms with E-state index in [1.54, 1.807) is 9.48 Å². The third-order valence-electron chi connectivity index (χ3n) is 3.31. The lowest BCUT2D eigenvalue weighted by Gasteiger charge is -2.10. The molecule has 0 aliphatic rings. The maximum atomic E-state index is 5.37. The van der Waals surface area contributed by atoms with E-state index in [9.17, 15) is 0 Å². The number of hydrogen-bond donors (Lipinski definition) is 0. The Bertz CT molecular complexity index is 750. The fourth-order valence-corrected chi connectivity index (χ4v) is 2.47. The first-order valence-corrected chi connectivity index (χ1v) is 7.29. The number of benzene rings is 2. The van der Waals surface area contributed by atoms with Gasteiger partial charge >= 0.3 is 0 Å². The highest BCUT2D eigenvalue weighted by molar-refractivity contribution is 7.58. The number of para-hydroxylation sites is 2. The van der Waals surface area contributed by atoms with Gasteiger partial charge in [0, 0.05) is 9.90 Å². The molecule has 1 heterocycles. The third-order valence-corrected chi connectivity index (χ3v) is 3.56.